The van der Waals surface area contributed by atoms with Crippen LogP contribution in [0.3, 0.4) is 0 Å². The van der Waals surface area contributed by atoms with Crippen molar-refractivity contribution in [2.24, 2.45) is 5.73 Å². The highest BCUT2D eigenvalue weighted by atomic mass is 19.1. The van der Waals surface area contributed by atoms with Gasteiger partial charge in [-0.3, -0.25) is 4.79 Å². The van der Waals surface area contributed by atoms with Gasteiger partial charge in [-0.15, -0.1) is 0 Å². The average Bonchev–Trinajstić information content (AvgIpc) is 2.91. The molecule has 0 aliphatic heterocycles. The predicted octanol–water partition coefficient (Wildman–Crippen LogP) is 4.56. The van der Waals surface area contributed by atoms with Gasteiger partial charge in [-0.25, -0.2) is 4.39 Å². The lowest BCUT2D eigenvalue weighted by molar-refractivity contribution is 0.0999. The zero-order valence-electron chi connectivity index (χ0n) is 15.3. The maximum absolute atomic E-state index is 13.1. The normalized spacial score (nSPS) is 10.9. The van der Waals surface area contributed by atoms with Crippen LogP contribution in [0.25, 0.3) is 11.3 Å². The van der Waals surface area contributed by atoms with Crippen LogP contribution in [-0.4, -0.2) is 10.5 Å². The lowest BCUT2D eigenvalue weighted by Crippen LogP contribution is -2.13. The number of hydrogen-bond donors (Lipinski definition) is 1. The van der Waals surface area contributed by atoms with Crippen molar-refractivity contribution in [2.75, 3.05) is 0 Å². The van der Waals surface area contributed by atoms with Crippen LogP contribution < -0.4 is 5.73 Å². The van der Waals surface area contributed by atoms with Crippen LogP contribution in [0, 0.1) is 26.6 Å². The van der Waals surface area contributed by atoms with E-state index in [9.17, 15) is 9.18 Å². The quantitative estimate of drug-likeness (QED) is 0.720. The number of amides is 1. The first-order valence-electron chi connectivity index (χ1n) is 8.69. The molecule has 2 aromatic carbocycles. The highest BCUT2D eigenvalue weighted by molar-refractivity contribution is 5.95. The van der Waals surface area contributed by atoms with E-state index in [1.54, 1.807) is 12.1 Å². The second-order valence-electron chi connectivity index (χ2n) is 6.74. The van der Waals surface area contributed by atoms with E-state index in [0.717, 1.165) is 34.5 Å². The summed E-state index contributed by atoms with van der Waals surface area (Å²) in [5, 5.41) is 0. The molecule has 26 heavy (non-hydrogen) atoms. The van der Waals surface area contributed by atoms with E-state index in [1.165, 1.54) is 17.7 Å². The van der Waals surface area contributed by atoms with Crippen molar-refractivity contribution in [3.63, 3.8) is 0 Å². The summed E-state index contributed by atoms with van der Waals surface area (Å²) in [5.41, 5.74) is 12.4. The SMILES string of the molecule is Cc1ccc(-c2cc(C(N)=O)c(C)n2CCc2ccc(F)cc2)c(C)c1. The number of nitrogens with zero attached hydrogens (tertiary/aromatic N) is 1. The molecular weight excluding hydrogens is 327 g/mol. The average molecular weight is 350 g/mol. The Labute approximate surface area is 153 Å². The van der Waals surface area contributed by atoms with Gasteiger partial charge in [0.15, 0.2) is 0 Å². The Balaban J connectivity index is 2.02. The minimum Gasteiger partial charge on any atom is -0.366 e. The fourth-order valence-corrected chi connectivity index (χ4v) is 3.40. The highest BCUT2D eigenvalue weighted by Gasteiger charge is 2.17. The molecular formula is C22H23FN2O. The van der Waals surface area contributed by atoms with Crippen molar-refractivity contribution in [3.05, 3.63) is 82.3 Å². The maximum atomic E-state index is 13.1. The summed E-state index contributed by atoms with van der Waals surface area (Å²) in [5.74, 6) is -0.660. The standard InChI is InChI=1S/C22H23FN2O/c1-14-4-9-19(15(2)12-14)21-13-20(22(24)26)16(3)25(21)11-10-17-5-7-18(23)8-6-17/h4-9,12-13H,10-11H2,1-3H3,(H2,24,26). The molecule has 0 saturated carbocycles. The lowest BCUT2D eigenvalue weighted by atomic mass is 10.0. The molecule has 3 rings (SSSR count). The molecule has 0 aliphatic rings. The number of halogens is 1. The molecule has 0 unspecified atom stereocenters. The number of aromatic nitrogens is 1. The Hall–Kier alpha value is -2.88. The van der Waals surface area contributed by atoms with Crippen LogP contribution in [0.4, 0.5) is 4.39 Å². The second-order valence-corrected chi connectivity index (χ2v) is 6.74. The van der Waals surface area contributed by atoms with Crippen LogP contribution in [0.1, 0.15) is 32.7 Å². The van der Waals surface area contributed by atoms with Crippen molar-refractivity contribution in [1.82, 2.24) is 4.57 Å². The van der Waals surface area contributed by atoms with Crippen molar-refractivity contribution in [2.45, 2.75) is 33.7 Å². The predicted molar refractivity (Wildman–Crippen MR) is 103 cm³/mol. The second kappa shape index (κ2) is 7.16. The molecule has 1 amide bonds. The van der Waals surface area contributed by atoms with Crippen molar-refractivity contribution >= 4 is 5.91 Å². The summed E-state index contributed by atoms with van der Waals surface area (Å²) in [7, 11) is 0. The van der Waals surface area contributed by atoms with E-state index in [-0.39, 0.29) is 5.82 Å². The van der Waals surface area contributed by atoms with Gasteiger partial charge in [-0.2, -0.15) is 0 Å². The molecule has 1 heterocycles. The number of hydrogen-bond acceptors (Lipinski definition) is 1. The Morgan fingerprint density at radius 2 is 1.73 bits per heavy atom. The van der Waals surface area contributed by atoms with E-state index < -0.39 is 5.91 Å². The molecule has 134 valence electrons. The zero-order valence-corrected chi connectivity index (χ0v) is 15.3. The van der Waals surface area contributed by atoms with Crippen LogP contribution in [0.5, 0.6) is 0 Å². The van der Waals surface area contributed by atoms with Crippen LogP contribution in [0.15, 0.2) is 48.5 Å². The fraction of sp³-hybridized carbons (Fsp3) is 0.227. The van der Waals surface area contributed by atoms with E-state index in [0.29, 0.717) is 12.1 Å². The summed E-state index contributed by atoms with van der Waals surface area (Å²) in [6.07, 6.45) is 0.742. The third kappa shape index (κ3) is 3.54. The van der Waals surface area contributed by atoms with Crippen molar-refractivity contribution < 1.29 is 9.18 Å². The number of carbonyl (C=O) groups excluding carboxylic acids is 1. The summed E-state index contributed by atoms with van der Waals surface area (Å²) in [6.45, 7) is 6.73. The fourth-order valence-electron chi connectivity index (χ4n) is 3.40. The first-order valence-corrected chi connectivity index (χ1v) is 8.69. The molecule has 0 aliphatic carbocycles. The van der Waals surface area contributed by atoms with Gasteiger partial charge in [0.2, 0.25) is 0 Å². The molecule has 0 atom stereocenters. The Kier molecular flexibility index (Phi) is 4.94. The molecule has 0 saturated heterocycles. The Bertz CT molecular complexity index is 955. The Morgan fingerprint density at radius 1 is 1.04 bits per heavy atom. The molecule has 0 bridgehead atoms. The van der Waals surface area contributed by atoms with Gasteiger partial charge in [-0.05, 0) is 56.5 Å². The molecule has 3 aromatic rings. The zero-order chi connectivity index (χ0) is 18.8. The minimum absolute atomic E-state index is 0.238. The molecule has 2 N–H and O–H groups in total. The van der Waals surface area contributed by atoms with Gasteiger partial charge >= 0.3 is 0 Å². The molecule has 3 nitrogen and oxygen atoms in total. The molecule has 1 aromatic heterocycles. The van der Waals surface area contributed by atoms with Crippen molar-refractivity contribution in [1.29, 1.82) is 0 Å². The molecule has 0 fully saturated rings. The van der Waals surface area contributed by atoms with Gasteiger partial charge < -0.3 is 10.3 Å². The lowest BCUT2D eigenvalue weighted by Gasteiger charge is -2.14. The highest BCUT2D eigenvalue weighted by Crippen LogP contribution is 2.29. The van der Waals surface area contributed by atoms with Gasteiger partial charge in [0, 0.05) is 23.5 Å². The van der Waals surface area contributed by atoms with Gasteiger partial charge in [0.25, 0.3) is 5.91 Å². The van der Waals surface area contributed by atoms with Crippen molar-refractivity contribution in [3.8, 4) is 11.3 Å². The van der Waals surface area contributed by atoms with Gasteiger partial charge in [-0.1, -0.05) is 35.9 Å². The summed E-state index contributed by atoms with van der Waals surface area (Å²) in [4.78, 5) is 11.8. The third-order valence-corrected chi connectivity index (χ3v) is 4.83. The minimum atomic E-state index is -0.422. The van der Waals surface area contributed by atoms with Gasteiger partial charge in [0.1, 0.15) is 5.82 Å². The smallest absolute Gasteiger partial charge is 0.250 e. The van der Waals surface area contributed by atoms with Crippen LogP contribution >= 0.6 is 0 Å². The van der Waals surface area contributed by atoms with E-state index in [1.807, 2.05) is 13.0 Å². The number of primary amides is 1. The first-order chi connectivity index (χ1) is 12.4. The van der Waals surface area contributed by atoms with E-state index >= 15 is 0 Å². The topological polar surface area (TPSA) is 48.0 Å². The largest absolute Gasteiger partial charge is 0.366 e. The number of benzene rings is 2. The number of rotatable bonds is 5. The first kappa shape index (κ1) is 17.9. The summed E-state index contributed by atoms with van der Waals surface area (Å²) >= 11 is 0. The molecule has 4 heteroatoms. The van der Waals surface area contributed by atoms with Crippen LogP contribution in [-0.2, 0) is 13.0 Å². The van der Waals surface area contributed by atoms with E-state index in [2.05, 4.69) is 36.6 Å². The third-order valence-electron chi connectivity index (χ3n) is 4.83. The maximum Gasteiger partial charge on any atom is 0.250 e. The number of aryl methyl sites for hydroxylation is 3. The van der Waals surface area contributed by atoms with Gasteiger partial charge in [0.05, 0.1) is 5.56 Å². The summed E-state index contributed by atoms with van der Waals surface area (Å²) in [6, 6.07) is 14.7. The van der Waals surface area contributed by atoms with E-state index in [4.69, 9.17) is 5.73 Å². The molecule has 0 radical (unpaired) electrons. The van der Waals surface area contributed by atoms with Crippen LogP contribution in [0.2, 0.25) is 0 Å². The number of nitrogens with two attached hydrogens (primary N) is 1. The Morgan fingerprint density at radius 3 is 2.35 bits per heavy atom. The molecule has 0 spiro atoms. The monoisotopic (exact) mass is 350 g/mol. The number of carbonyl (C=O) groups is 1. The summed E-state index contributed by atoms with van der Waals surface area (Å²) < 4.78 is 15.2.